The summed E-state index contributed by atoms with van der Waals surface area (Å²) in [7, 11) is 0. The second-order valence-corrected chi connectivity index (χ2v) is 4.08. The van der Waals surface area contributed by atoms with E-state index >= 15 is 0 Å². The van der Waals surface area contributed by atoms with Crippen molar-refractivity contribution in [2.45, 2.75) is 44.8 Å². The molecule has 14 heavy (non-hydrogen) atoms. The first kappa shape index (κ1) is 11.5. The quantitative estimate of drug-likeness (QED) is 0.649. The minimum absolute atomic E-state index is 0.0209. The molecule has 2 unspecified atom stereocenters. The molecule has 0 aromatic heterocycles. The lowest BCUT2D eigenvalue weighted by atomic mass is 9.89. The molecule has 3 atom stereocenters. The Hall–Kier alpha value is -0.610. The molecular weight excluding hydrogens is 182 g/mol. The van der Waals surface area contributed by atoms with Gasteiger partial charge in [-0.2, -0.15) is 0 Å². The number of carbonyl (C=O) groups is 1. The van der Waals surface area contributed by atoms with E-state index in [4.69, 9.17) is 15.6 Å². The number of hydrogen-bond acceptors (Lipinski definition) is 4. The number of aliphatic hydroxyl groups is 1. The third kappa shape index (κ3) is 3.27. The Balaban J connectivity index is 2.32. The standard InChI is InChI=1S/C10H19NO3/c1-7-3-2-4-8(5-7)14-10(13)9(12)6-11/h7-9,12H,2-6,11H2,1H3/t7?,8?,9-/m0/s1. The van der Waals surface area contributed by atoms with Crippen LogP contribution in [0.3, 0.4) is 0 Å². The average molecular weight is 201 g/mol. The molecule has 0 radical (unpaired) electrons. The summed E-state index contributed by atoms with van der Waals surface area (Å²) < 4.78 is 5.15. The zero-order valence-electron chi connectivity index (χ0n) is 8.61. The second-order valence-electron chi connectivity index (χ2n) is 4.08. The van der Waals surface area contributed by atoms with Crippen LogP contribution >= 0.6 is 0 Å². The molecule has 1 aliphatic carbocycles. The molecule has 0 amide bonds. The van der Waals surface area contributed by atoms with Crippen LogP contribution in [0.5, 0.6) is 0 Å². The van der Waals surface area contributed by atoms with Crippen LogP contribution in [0, 0.1) is 5.92 Å². The summed E-state index contributed by atoms with van der Waals surface area (Å²) in [6.45, 7) is 2.08. The largest absolute Gasteiger partial charge is 0.460 e. The van der Waals surface area contributed by atoms with Crippen LogP contribution < -0.4 is 5.73 Å². The van der Waals surface area contributed by atoms with Gasteiger partial charge in [-0.05, 0) is 25.2 Å². The van der Waals surface area contributed by atoms with Crippen molar-refractivity contribution in [3.8, 4) is 0 Å². The van der Waals surface area contributed by atoms with Gasteiger partial charge in [0.1, 0.15) is 6.10 Å². The van der Waals surface area contributed by atoms with E-state index in [9.17, 15) is 4.79 Å². The molecule has 0 bridgehead atoms. The molecule has 0 aliphatic heterocycles. The van der Waals surface area contributed by atoms with Crippen LogP contribution in [0.1, 0.15) is 32.6 Å². The Morgan fingerprint density at radius 3 is 2.93 bits per heavy atom. The van der Waals surface area contributed by atoms with Gasteiger partial charge in [0, 0.05) is 6.54 Å². The highest BCUT2D eigenvalue weighted by Crippen LogP contribution is 2.25. The van der Waals surface area contributed by atoms with Gasteiger partial charge in [0.2, 0.25) is 0 Å². The van der Waals surface area contributed by atoms with Gasteiger partial charge in [-0.25, -0.2) is 4.79 Å². The summed E-state index contributed by atoms with van der Waals surface area (Å²) in [6, 6.07) is 0. The third-order valence-electron chi connectivity index (χ3n) is 2.67. The van der Waals surface area contributed by atoms with E-state index in [0.717, 1.165) is 19.3 Å². The number of nitrogens with two attached hydrogens (primary N) is 1. The van der Waals surface area contributed by atoms with Crippen molar-refractivity contribution >= 4 is 5.97 Å². The molecular formula is C10H19NO3. The zero-order valence-corrected chi connectivity index (χ0v) is 8.61. The number of hydrogen-bond donors (Lipinski definition) is 2. The van der Waals surface area contributed by atoms with E-state index in [2.05, 4.69) is 6.92 Å². The molecule has 1 saturated carbocycles. The minimum Gasteiger partial charge on any atom is -0.460 e. The molecule has 1 rings (SSSR count). The summed E-state index contributed by atoms with van der Waals surface area (Å²) >= 11 is 0. The topological polar surface area (TPSA) is 72.5 Å². The molecule has 1 fully saturated rings. The van der Waals surface area contributed by atoms with Crippen LogP contribution in [0.2, 0.25) is 0 Å². The van der Waals surface area contributed by atoms with Gasteiger partial charge in [-0.3, -0.25) is 0 Å². The Kier molecular flexibility index (Phi) is 4.35. The number of esters is 1. The first-order valence-corrected chi connectivity index (χ1v) is 5.22. The van der Waals surface area contributed by atoms with Gasteiger partial charge in [0.15, 0.2) is 6.10 Å². The maximum atomic E-state index is 11.2. The van der Waals surface area contributed by atoms with Crippen molar-refractivity contribution in [3.05, 3.63) is 0 Å². The zero-order chi connectivity index (χ0) is 10.6. The molecule has 0 aromatic carbocycles. The first-order chi connectivity index (χ1) is 6.63. The third-order valence-corrected chi connectivity index (χ3v) is 2.67. The summed E-state index contributed by atoms with van der Waals surface area (Å²) in [5, 5.41) is 9.12. The van der Waals surface area contributed by atoms with Crippen LogP contribution in [0.15, 0.2) is 0 Å². The predicted octanol–water partition coefficient (Wildman–Crippen LogP) is 0.428. The maximum absolute atomic E-state index is 11.2. The monoisotopic (exact) mass is 201 g/mol. The molecule has 82 valence electrons. The molecule has 4 nitrogen and oxygen atoms in total. The lowest BCUT2D eigenvalue weighted by Gasteiger charge is -2.27. The van der Waals surface area contributed by atoms with Gasteiger partial charge in [0.05, 0.1) is 0 Å². The lowest BCUT2D eigenvalue weighted by Crippen LogP contribution is -2.35. The maximum Gasteiger partial charge on any atom is 0.336 e. The van der Waals surface area contributed by atoms with Gasteiger partial charge in [-0.1, -0.05) is 13.3 Å². The summed E-state index contributed by atoms with van der Waals surface area (Å²) in [4.78, 5) is 11.2. The average Bonchev–Trinajstić information content (AvgIpc) is 2.16. The van der Waals surface area contributed by atoms with E-state index in [1.54, 1.807) is 0 Å². The fourth-order valence-electron chi connectivity index (χ4n) is 1.82. The van der Waals surface area contributed by atoms with Gasteiger partial charge >= 0.3 is 5.97 Å². The van der Waals surface area contributed by atoms with Crippen molar-refractivity contribution in [2.75, 3.05) is 6.54 Å². The van der Waals surface area contributed by atoms with Crippen molar-refractivity contribution in [3.63, 3.8) is 0 Å². The minimum atomic E-state index is -1.16. The highest BCUT2D eigenvalue weighted by atomic mass is 16.6. The van der Waals surface area contributed by atoms with Crippen LogP contribution in [0.4, 0.5) is 0 Å². The number of ether oxygens (including phenoxy) is 1. The first-order valence-electron chi connectivity index (χ1n) is 5.22. The molecule has 4 heteroatoms. The van der Waals surface area contributed by atoms with E-state index in [-0.39, 0.29) is 12.6 Å². The number of carbonyl (C=O) groups excluding carboxylic acids is 1. The summed E-state index contributed by atoms with van der Waals surface area (Å²) in [5.74, 6) is 0.0307. The van der Waals surface area contributed by atoms with Crippen molar-refractivity contribution in [2.24, 2.45) is 11.7 Å². The molecule has 0 heterocycles. The SMILES string of the molecule is CC1CCCC(OC(=O)[C@@H](O)CN)C1. The molecule has 3 N–H and O–H groups in total. The predicted molar refractivity (Wildman–Crippen MR) is 52.6 cm³/mol. The van der Waals surface area contributed by atoms with E-state index in [1.807, 2.05) is 0 Å². The second kappa shape index (κ2) is 5.32. The highest BCUT2D eigenvalue weighted by molar-refractivity contribution is 5.74. The van der Waals surface area contributed by atoms with Gasteiger partial charge < -0.3 is 15.6 Å². The smallest absolute Gasteiger partial charge is 0.336 e. The molecule has 0 spiro atoms. The lowest BCUT2D eigenvalue weighted by molar-refractivity contribution is -0.160. The number of rotatable bonds is 3. The fraction of sp³-hybridized carbons (Fsp3) is 0.900. The fourth-order valence-corrected chi connectivity index (χ4v) is 1.82. The van der Waals surface area contributed by atoms with Crippen molar-refractivity contribution in [1.82, 2.24) is 0 Å². The Morgan fingerprint density at radius 2 is 2.36 bits per heavy atom. The van der Waals surface area contributed by atoms with Crippen molar-refractivity contribution in [1.29, 1.82) is 0 Å². The molecule has 0 saturated heterocycles. The van der Waals surface area contributed by atoms with Gasteiger partial charge in [0.25, 0.3) is 0 Å². The van der Waals surface area contributed by atoms with Crippen molar-refractivity contribution < 1.29 is 14.6 Å². The Morgan fingerprint density at radius 1 is 1.64 bits per heavy atom. The summed E-state index contributed by atoms with van der Waals surface area (Å²) in [6.07, 6.45) is 2.93. The van der Waals surface area contributed by atoms with Crippen LogP contribution in [-0.4, -0.2) is 29.8 Å². The van der Waals surface area contributed by atoms with Crippen LogP contribution in [0.25, 0.3) is 0 Å². The van der Waals surface area contributed by atoms with Gasteiger partial charge in [-0.15, -0.1) is 0 Å². The normalized spacial score (nSPS) is 29.6. The van der Waals surface area contributed by atoms with E-state index < -0.39 is 12.1 Å². The Bertz CT molecular complexity index is 196. The van der Waals surface area contributed by atoms with E-state index in [0.29, 0.717) is 5.92 Å². The van der Waals surface area contributed by atoms with Crippen LogP contribution in [-0.2, 0) is 9.53 Å². The molecule has 0 aromatic rings. The summed E-state index contributed by atoms with van der Waals surface area (Å²) in [5.41, 5.74) is 5.15. The highest BCUT2D eigenvalue weighted by Gasteiger charge is 2.24. The Labute approximate surface area is 84.4 Å². The molecule has 1 aliphatic rings. The van der Waals surface area contributed by atoms with E-state index in [1.165, 1.54) is 6.42 Å². The number of aliphatic hydroxyl groups excluding tert-OH is 1.